The molecule has 0 aromatic heterocycles. The first-order chi connectivity index (χ1) is 8.08. The van der Waals surface area contributed by atoms with E-state index in [9.17, 15) is 8.94 Å². The monoisotopic (exact) mass is 360 g/mol. The lowest BCUT2D eigenvalue weighted by atomic mass is 10.2. The van der Waals surface area contributed by atoms with Crippen molar-refractivity contribution >= 4 is 33.8 Å². The third-order valence-electron chi connectivity index (χ3n) is 2.37. The average molecular weight is 360 g/mol. The zero-order chi connectivity index (χ0) is 12.4. The van der Waals surface area contributed by atoms with Gasteiger partial charge in [0, 0.05) is 14.7 Å². The summed E-state index contributed by atoms with van der Waals surface area (Å²) < 4.78 is 26.4. The van der Waals surface area contributed by atoms with Gasteiger partial charge in [-0.15, -0.1) is 0 Å². The molecule has 0 amide bonds. The molecule has 2 aromatic rings. The smallest absolute Gasteiger partial charge is 0.158 e. The molecule has 0 heterocycles. The third-order valence-corrected chi connectivity index (χ3v) is 4.47. The fourth-order valence-corrected chi connectivity index (χ4v) is 2.92. The molecule has 0 spiro atoms. The topological polar surface area (TPSA) is 23.1 Å². The lowest BCUT2D eigenvalue weighted by Crippen LogP contribution is -2.02. The number of rotatable bonds is 2. The van der Waals surface area contributed by atoms with E-state index in [-0.39, 0.29) is 5.82 Å². The van der Waals surface area contributed by atoms with Crippen molar-refractivity contribution in [1.82, 2.24) is 0 Å². The summed E-state index contributed by atoms with van der Waals surface area (Å²) in [6.07, 6.45) is 0. The molecule has 0 N–H and O–H groups in total. The molecular weight excluding hydrogens is 350 g/mol. The van der Waals surface area contributed by atoms with Crippen LogP contribution >= 0.6 is 22.6 Å². The Morgan fingerprint density at radius 3 is 2.24 bits per heavy atom. The zero-order valence-electron chi connectivity index (χ0n) is 9.11. The maximum absolute atomic E-state index is 13.1. The van der Waals surface area contributed by atoms with Crippen molar-refractivity contribution in [1.29, 1.82) is 0 Å². The SMILES string of the molecule is Cc1cc([S+]([O-])c2ccc(I)cc2)ccc1F. The van der Waals surface area contributed by atoms with Crippen LogP contribution in [0.2, 0.25) is 0 Å². The average Bonchev–Trinajstić information content (AvgIpc) is 2.33. The molecule has 1 unspecified atom stereocenters. The number of aryl methyl sites for hydroxylation is 1. The molecule has 0 radical (unpaired) electrons. The highest BCUT2D eigenvalue weighted by Gasteiger charge is 2.15. The Hall–Kier alpha value is -0.590. The van der Waals surface area contributed by atoms with Gasteiger partial charge in [0.2, 0.25) is 0 Å². The molecule has 0 saturated carbocycles. The quantitative estimate of drug-likeness (QED) is 0.588. The van der Waals surface area contributed by atoms with Crippen LogP contribution in [0.25, 0.3) is 0 Å². The molecule has 0 aliphatic heterocycles. The van der Waals surface area contributed by atoms with Gasteiger partial charge in [-0.3, -0.25) is 0 Å². The first-order valence-corrected chi connectivity index (χ1v) is 7.24. The van der Waals surface area contributed by atoms with E-state index in [1.807, 2.05) is 24.3 Å². The predicted octanol–water partition coefficient (Wildman–Crippen LogP) is 3.91. The van der Waals surface area contributed by atoms with Crippen molar-refractivity contribution in [3.63, 3.8) is 0 Å². The molecule has 1 nitrogen and oxygen atoms in total. The van der Waals surface area contributed by atoms with Gasteiger partial charge in [0.25, 0.3) is 0 Å². The summed E-state index contributed by atoms with van der Waals surface area (Å²) in [6.45, 7) is 1.67. The van der Waals surface area contributed by atoms with Crippen LogP contribution in [0, 0.1) is 16.3 Å². The van der Waals surface area contributed by atoms with Crippen LogP contribution in [0.1, 0.15) is 5.56 Å². The summed E-state index contributed by atoms with van der Waals surface area (Å²) in [5.41, 5.74) is 0.515. The van der Waals surface area contributed by atoms with Gasteiger partial charge in [-0.2, -0.15) is 0 Å². The molecular formula is C13H10FIOS. The molecule has 88 valence electrons. The maximum Gasteiger partial charge on any atom is 0.158 e. The van der Waals surface area contributed by atoms with Crippen molar-refractivity contribution in [2.75, 3.05) is 0 Å². The van der Waals surface area contributed by atoms with Gasteiger partial charge in [-0.25, -0.2) is 4.39 Å². The van der Waals surface area contributed by atoms with Gasteiger partial charge in [-0.05, 0) is 77.5 Å². The van der Waals surface area contributed by atoms with Crippen LogP contribution in [0.15, 0.2) is 52.3 Å². The van der Waals surface area contributed by atoms with Gasteiger partial charge >= 0.3 is 0 Å². The second-order valence-corrected chi connectivity index (χ2v) is 6.36. The minimum atomic E-state index is -1.24. The van der Waals surface area contributed by atoms with E-state index < -0.39 is 11.2 Å². The molecule has 1 atom stereocenters. The summed E-state index contributed by atoms with van der Waals surface area (Å²) in [4.78, 5) is 1.36. The van der Waals surface area contributed by atoms with Crippen molar-refractivity contribution in [2.45, 2.75) is 16.7 Å². The molecule has 17 heavy (non-hydrogen) atoms. The van der Waals surface area contributed by atoms with E-state index >= 15 is 0 Å². The predicted molar refractivity (Wildman–Crippen MR) is 75.0 cm³/mol. The number of benzene rings is 2. The first-order valence-electron chi connectivity index (χ1n) is 5.01. The Bertz CT molecular complexity index is 527. The third kappa shape index (κ3) is 3.00. The lowest BCUT2D eigenvalue weighted by molar-refractivity contribution is 0.592. The Morgan fingerprint density at radius 2 is 1.65 bits per heavy atom. The van der Waals surface area contributed by atoms with Gasteiger partial charge in [0.05, 0.1) is 0 Å². The molecule has 0 bridgehead atoms. The molecule has 0 aliphatic carbocycles. The largest absolute Gasteiger partial charge is 0.606 e. The van der Waals surface area contributed by atoms with Crippen LogP contribution in [0.4, 0.5) is 4.39 Å². The highest BCUT2D eigenvalue weighted by atomic mass is 127. The van der Waals surface area contributed by atoms with Gasteiger partial charge < -0.3 is 4.55 Å². The second kappa shape index (κ2) is 5.37. The Balaban J connectivity index is 2.33. The number of halogens is 2. The van der Waals surface area contributed by atoms with Crippen LogP contribution in [-0.2, 0) is 11.2 Å². The van der Waals surface area contributed by atoms with Crippen LogP contribution in [0.5, 0.6) is 0 Å². The van der Waals surface area contributed by atoms with Crippen LogP contribution in [-0.4, -0.2) is 4.55 Å². The molecule has 0 saturated heterocycles. The lowest BCUT2D eigenvalue weighted by Gasteiger charge is -2.10. The normalized spacial score (nSPS) is 12.5. The molecule has 2 aromatic carbocycles. The summed E-state index contributed by atoms with van der Waals surface area (Å²) in [7, 11) is 0. The number of hydrogen-bond acceptors (Lipinski definition) is 1. The van der Waals surface area contributed by atoms with E-state index in [2.05, 4.69) is 22.6 Å². The summed E-state index contributed by atoms with van der Waals surface area (Å²) in [5, 5.41) is 0. The Morgan fingerprint density at radius 1 is 1.06 bits per heavy atom. The molecule has 4 heteroatoms. The van der Waals surface area contributed by atoms with E-state index in [0.29, 0.717) is 10.5 Å². The van der Waals surface area contributed by atoms with Gasteiger partial charge in [0.15, 0.2) is 9.79 Å². The Kier molecular flexibility index (Phi) is 4.06. The van der Waals surface area contributed by atoms with E-state index in [4.69, 9.17) is 0 Å². The van der Waals surface area contributed by atoms with E-state index in [0.717, 1.165) is 8.47 Å². The minimum absolute atomic E-state index is 0.270. The van der Waals surface area contributed by atoms with Gasteiger partial charge in [0.1, 0.15) is 5.82 Å². The fourth-order valence-electron chi connectivity index (χ4n) is 1.43. The first kappa shape index (κ1) is 12.9. The number of hydrogen-bond donors (Lipinski definition) is 0. The van der Waals surface area contributed by atoms with Crippen molar-refractivity contribution in [3.05, 3.63) is 57.4 Å². The zero-order valence-corrected chi connectivity index (χ0v) is 12.1. The highest BCUT2D eigenvalue weighted by molar-refractivity contribution is 14.1. The van der Waals surface area contributed by atoms with E-state index in [1.54, 1.807) is 19.1 Å². The molecule has 0 fully saturated rings. The molecule has 0 aliphatic rings. The van der Waals surface area contributed by atoms with Crippen LogP contribution < -0.4 is 0 Å². The highest BCUT2D eigenvalue weighted by Crippen LogP contribution is 2.23. The van der Waals surface area contributed by atoms with Crippen LogP contribution in [0.3, 0.4) is 0 Å². The van der Waals surface area contributed by atoms with Crippen molar-refractivity contribution < 1.29 is 8.94 Å². The summed E-state index contributed by atoms with van der Waals surface area (Å²) in [5.74, 6) is -0.270. The van der Waals surface area contributed by atoms with Crippen molar-refractivity contribution in [3.8, 4) is 0 Å². The summed E-state index contributed by atoms with van der Waals surface area (Å²) in [6, 6.07) is 12.0. The van der Waals surface area contributed by atoms with Gasteiger partial charge in [-0.1, -0.05) is 0 Å². The summed E-state index contributed by atoms with van der Waals surface area (Å²) >= 11 is 0.952. The molecule has 2 rings (SSSR count). The second-order valence-electron chi connectivity index (χ2n) is 3.63. The standard InChI is InChI=1S/C13H10FIOS/c1-9-8-12(6-7-13(9)14)17(16)11-4-2-10(15)3-5-11/h2-8H,1H3. The maximum atomic E-state index is 13.1. The Labute approximate surface area is 116 Å². The minimum Gasteiger partial charge on any atom is -0.606 e. The van der Waals surface area contributed by atoms with E-state index in [1.165, 1.54) is 6.07 Å². The fraction of sp³-hybridized carbons (Fsp3) is 0.0769. The van der Waals surface area contributed by atoms with Crippen molar-refractivity contribution in [2.24, 2.45) is 0 Å².